The van der Waals surface area contributed by atoms with Crippen LogP contribution in [0.25, 0.3) is 0 Å². The van der Waals surface area contributed by atoms with E-state index in [9.17, 15) is 25.2 Å². The van der Waals surface area contributed by atoms with Crippen molar-refractivity contribution < 1.29 is 30.0 Å². The highest BCUT2D eigenvalue weighted by Gasteiger charge is 2.72. The van der Waals surface area contributed by atoms with Gasteiger partial charge in [-0.1, -0.05) is 6.92 Å². The number of Topliss-reactive ketones (excluding diaryl/α,β-unsaturated/α-hetero) is 1. The van der Waals surface area contributed by atoms with E-state index in [2.05, 4.69) is 6.92 Å². The second-order valence-electron chi connectivity index (χ2n) is 10.2. The van der Waals surface area contributed by atoms with Crippen LogP contribution in [0.15, 0.2) is 0 Å². The molecule has 11 atom stereocenters. The van der Waals surface area contributed by atoms with Crippen LogP contribution in [0.2, 0.25) is 0 Å². The summed E-state index contributed by atoms with van der Waals surface area (Å²) in [5.74, 6) is 0.756. The molecule has 1 heterocycles. The van der Waals surface area contributed by atoms with Gasteiger partial charge in [-0.15, -0.1) is 0 Å². The molecule has 1 unspecified atom stereocenters. The average Bonchev–Trinajstić information content (AvgIpc) is 3.15. The van der Waals surface area contributed by atoms with E-state index in [4.69, 9.17) is 4.74 Å². The zero-order chi connectivity index (χ0) is 19.1. The molecule has 0 aromatic heterocycles. The molecule has 1 saturated heterocycles. The fourth-order valence-electron chi connectivity index (χ4n) is 8.52. The SMILES string of the molecule is C[C@]12C[C@@H](O)[C@@H](O)C[C@@H]1CC[C@@H]1[C@@H]2[C@@H]2C[C@]3(C(O)O2)[C@H](C(=O)CO)CC[C@@H]13. The van der Waals surface area contributed by atoms with E-state index in [1.165, 1.54) is 0 Å². The van der Waals surface area contributed by atoms with Crippen LogP contribution in [-0.4, -0.2) is 57.4 Å². The summed E-state index contributed by atoms with van der Waals surface area (Å²) in [6.07, 6.45) is 3.18. The number of hydrogen-bond acceptors (Lipinski definition) is 6. The lowest BCUT2D eigenvalue weighted by Crippen LogP contribution is -2.60. The summed E-state index contributed by atoms with van der Waals surface area (Å²) in [5, 5.41) is 41.0. The molecule has 27 heavy (non-hydrogen) atoms. The standard InChI is InChI=1S/C21H32O6/c1-20-7-15(24)14(23)6-10(20)2-3-11-12-4-5-13(16(25)9-22)21(12)8-17(18(11)20)27-19(21)26/h10-15,17-19,22-24,26H,2-9H2,1H3/t10-,11-,12-,13-,14-,15+,17-,18+,19?,20-,21+/m0/s1. The Bertz CT molecular complexity index is 638. The van der Waals surface area contributed by atoms with Crippen molar-refractivity contribution >= 4 is 5.78 Å². The zero-order valence-corrected chi connectivity index (χ0v) is 16.0. The number of aliphatic hydroxyl groups excluding tert-OH is 4. The van der Waals surface area contributed by atoms with Gasteiger partial charge in [0.05, 0.1) is 18.3 Å². The molecule has 4 aliphatic carbocycles. The Morgan fingerprint density at radius 2 is 1.85 bits per heavy atom. The smallest absolute Gasteiger partial charge is 0.162 e. The van der Waals surface area contributed by atoms with Gasteiger partial charge in [0.25, 0.3) is 0 Å². The number of ether oxygens (including phenoxy) is 1. The van der Waals surface area contributed by atoms with Gasteiger partial charge < -0.3 is 25.2 Å². The minimum absolute atomic E-state index is 0.108. The molecule has 0 radical (unpaired) electrons. The number of ketones is 1. The van der Waals surface area contributed by atoms with E-state index in [1.54, 1.807) is 0 Å². The van der Waals surface area contributed by atoms with Gasteiger partial charge >= 0.3 is 0 Å². The lowest BCUT2D eigenvalue weighted by Gasteiger charge is -2.60. The van der Waals surface area contributed by atoms with Gasteiger partial charge in [-0.25, -0.2) is 0 Å². The van der Waals surface area contributed by atoms with Crippen molar-refractivity contribution in [2.24, 2.45) is 40.4 Å². The topological polar surface area (TPSA) is 107 Å². The molecule has 6 nitrogen and oxygen atoms in total. The lowest BCUT2D eigenvalue weighted by molar-refractivity contribution is -0.176. The molecule has 1 aliphatic heterocycles. The molecule has 4 N–H and O–H groups in total. The van der Waals surface area contributed by atoms with Crippen molar-refractivity contribution in [2.75, 3.05) is 6.61 Å². The van der Waals surface area contributed by atoms with Crippen molar-refractivity contribution in [3.05, 3.63) is 0 Å². The van der Waals surface area contributed by atoms with Gasteiger partial charge in [0.15, 0.2) is 12.1 Å². The molecule has 5 fully saturated rings. The minimum Gasteiger partial charge on any atom is -0.390 e. The molecule has 1 spiro atoms. The Hall–Kier alpha value is -0.530. The van der Waals surface area contributed by atoms with Gasteiger partial charge in [-0.2, -0.15) is 0 Å². The quantitative estimate of drug-likeness (QED) is 0.566. The Balaban J connectivity index is 1.53. The number of carbonyl (C=O) groups excluding carboxylic acids is 1. The first-order chi connectivity index (χ1) is 12.8. The summed E-state index contributed by atoms with van der Waals surface area (Å²) in [6, 6.07) is 0. The van der Waals surface area contributed by atoms with E-state index in [0.29, 0.717) is 31.1 Å². The Kier molecular flexibility index (Phi) is 4.10. The Labute approximate surface area is 159 Å². The third kappa shape index (κ3) is 2.22. The third-order valence-electron chi connectivity index (χ3n) is 9.51. The van der Waals surface area contributed by atoms with Crippen molar-refractivity contribution in [1.29, 1.82) is 0 Å². The summed E-state index contributed by atoms with van der Waals surface area (Å²) in [4.78, 5) is 12.4. The van der Waals surface area contributed by atoms with Crippen molar-refractivity contribution in [2.45, 2.75) is 76.5 Å². The van der Waals surface area contributed by atoms with Crippen LogP contribution in [0, 0.1) is 40.4 Å². The largest absolute Gasteiger partial charge is 0.390 e. The van der Waals surface area contributed by atoms with E-state index < -0.39 is 30.5 Å². The second-order valence-corrected chi connectivity index (χ2v) is 10.2. The first kappa shape index (κ1) is 18.5. The highest BCUT2D eigenvalue weighted by molar-refractivity contribution is 5.83. The number of aliphatic hydroxyl groups is 4. The first-order valence-corrected chi connectivity index (χ1v) is 10.7. The molecule has 0 aromatic carbocycles. The summed E-state index contributed by atoms with van der Waals surface area (Å²) in [7, 11) is 0. The maximum Gasteiger partial charge on any atom is 0.162 e. The van der Waals surface area contributed by atoms with E-state index in [-0.39, 0.29) is 35.1 Å². The summed E-state index contributed by atoms with van der Waals surface area (Å²) >= 11 is 0. The molecular formula is C21H32O6. The van der Waals surface area contributed by atoms with Crippen LogP contribution in [-0.2, 0) is 9.53 Å². The molecule has 6 heteroatoms. The van der Waals surface area contributed by atoms with E-state index in [0.717, 1.165) is 25.7 Å². The highest BCUT2D eigenvalue weighted by atomic mass is 16.6. The van der Waals surface area contributed by atoms with E-state index in [1.807, 2.05) is 0 Å². The van der Waals surface area contributed by atoms with Crippen molar-refractivity contribution in [3.8, 4) is 0 Å². The maximum absolute atomic E-state index is 12.4. The summed E-state index contributed by atoms with van der Waals surface area (Å²) in [5.41, 5.74) is -0.650. The Morgan fingerprint density at radius 3 is 2.59 bits per heavy atom. The maximum atomic E-state index is 12.4. The van der Waals surface area contributed by atoms with E-state index >= 15 is 0 Å². The molecule has 0 amide bonds. The predicted molar refractivity (Wildman–Crippen MR) is 95.3 cm³/mol. The van der Waals surface area contributed by atoms with Crippen LogP contribution in [0.1, 0.15) is 51.9 Å². The van der Waals surface area contributed by atoms with Crippen molar-refractivity contribution in [3.63, 3.8) is 0 Å². The molecule has 4 saturated carbocycles. The van der Waals surface area contributed by atoms with Crippen LogP contribution >= 0.6 is 0 Å². The fraction of sp³-hybridized carbons (Fsp3) is 0.952. The Morgan fingerprint density at radius 1 is 1.07 bits per heavy atom. The summed E-state index contributed by atoms with van der Waals surface area (Å²) in [6.45, 7) is 1.78. The number of carbonyl (C=O) groups is 1. The summed E-state index contributed by atoms with van der Waals surface area (Å²) < 4.78 is 6.14. The van der Waals surface area contributed by atoms with Gasteiger partial charge in [0, 0.05) is 11.3 Å². The van der Waals surface area contributed by atoms with Gasteiger partial charge in [-0.05, 0) is 74.0 Å². The zero-order valence-electron chi connectivity index (χ0n) is 16.0. The van der Waals surface area contributed by atoms with Crippen LogP contribution < -0.4 is 0 Å². The normalized spacial score (nSPS) is 59.1. The number of hydrogen-bond donors (Lipinski definition) is 4. The number of rotatable bonds is 2. The van der Waals surface area contributed by atoms with Crippen LogP contribution in [0.3, 0.4) is 0 Å². The highest BCUT2D eigenvalue weighted by Crippen LogP contribution is 2.71. The molecule has 152 valence electrons. The minimum atomic E-state index is -0.942. The first-order valence-electron chi connectivity index (χ1n) is 10.7. The average molecular weight is 380 g/mol. The van der Waals surface area contributed by atoms with Gasteiger partial charge in [0.1, 0.15) is 6.61 Å². The molecule has 5 aliphatic rings. The molecular weight excluding hydrogens is 348 g/mol. The number of fused-ring (bicyclic) bond motifs is 6. The third-order valence-corrected chi connectivity index (χ3v) is 9.51. The predicted octanol–water partition coefficient (Wildman–Crippen LogP) is 0.846. The van der Waals surface area contributed by atoms with Gasteiger partial charge in [-0.3, -0.25) is 4.79 Å². The molecule has 5 rings (SSSR count). The molecule has 0 aromatic rings. The van der Waals surface area contributed by atoms with Crippen LogP contribution in [0.4, 0.5) is 0 Å². The van der Waals surface area contributed by atoms with Crippen LogP contribution in [0.5, 0.6) is 0 Å². The second kappa shape index (κ2) is 5.99. The monoisotopic (exact) mass is 380 g/mol. The fourth-order valence-corrected chi connectivity index (χ4v) is 8.52. The molecule has 2 bridgehead atoms. The lowest BCUT2D eigenvalue weighted by atomic mass is 9.44. The van der Waals surface area contributed by atoms with Crippen molar-refractivity contribution in [1.82, 2.24) is 0 Å². The van der Waals surface area contributed by atoms with Gasteiger partial charge in [0.2, 0.25) is 0 Å².